The Morgan fingerprint density at radius 1 is 1.29 bits per heavy atom. The Morgan fingerprint density at radius 2 is 1.94 bits per heavy atom. The van der Waals surface area contributed by atoms with Gasteiger partial charge >= 0.3 is 6.18 Å². The van der Waals surface area contributed by atoms with Gasteiger partial charge in [0.15, 0.2) is 0 Å². The summed E-state index contributed by atoms with van der Waals surface area (Å²) in [6.45, 7) is 4.18. The van der Waals surface area contributed by atoms with E-state index in [1.54, 1.807) is 6.07 Å². The summed E-state index contributed by atoms with van der Waals surface area (Å²) in [6.07, 6.45) is -5.04. The number of hydrogen-bond acceptors (Lipinski definition) is 2. The molecule has 0 spiro atoms. The maximum Gasteiger partial charge on any atom is 0.416 e. The van der Waals surface area contributed by atoms with Crippen LogP contribution in [0.4, 0.5) is 13.2 Å². The van der Waals surface area contributed by atoms with Crippen molar-refractivity contribution >= 4 is 0 Å². The van der Waals surface area contributed by atoms with Gasteiger partial charge in [0.2, 0.25) is 0 Å². The Kier molecular flexibility index (Phi) is 2.91. The normalized spacial score (nSPS) is 23.9. The first-order chi connectivity index (χ1) is 7.80. The van der Waals surface area contributed by atoms with Gasteiger partial charge in [-0.05, 0) is 19.9 Å². The largest absolute Gasteiger partial charge is 0.416 e. The average molecular weight is 245 g/mol. The second-order valence-electron chi connectivity index (χ2n) is 4.80. The molecule has 1 fully saturated rings. The number of rotatable bonds is 1. The number of alkyl halides is 3. The molecule has 0 aliphatic carbocycles. The Morgan fingerprint density at radius 3 is 2.47 bits per heavy atom. The van der Waals surface area contributed by atoms with Crippen LogP contribution in [0.2, 0.25) is 0 Å². The molecule has 0 amide bonds. The smallest absolute Gasteiger partial charge is 0.357 e. The molecule has 1 N–H and O–H groups in total. The van der Waals surface area contributed by atoms with Gasteiger partial charge in [0.25, 0.3) is 0 Å². The van der Waals surface area contributed by atoms with E-state index in [9.17, 15) is 13.2 Å². The van der Waals surface area contributed by atoms with Crippen molar-refractivity contribution in [2.45, 2.75) is 31.8 Å². The van der Waals surface area contributed by atoms with Crippen LogP contribution >= 0.6 is 0 Å². The molecular formula is C12H14F3NO. The molecule has 2 rings (SSSR count). The fraction of sp³-hybridized carbons (Fsp3) is 0.500. The summed E-state index contributed by atoms with van der Waals surface area (Å²) in [7, 11) is 0. The number of halogens is 3. The van der Waals surface area contributed by atoms with E-state index < -0.39 is 18.0 Å². The van der Waals surface area contributed by atoms with Gasteiger partial charge in [0, 0.05) is 11.1 Å². The molecule has 1 unspecified atom stereocenters. The monoisotopic (exact) mass is 245 g/mol. The first-order valence-electron chi connectivity index (χ1n) is 5.35. The standard InChI is InChI=1S/C12H14F3NO/c1-11(2)7-17-10(16-11)8-5-3-4-6-9(8)12(13,14)15/h3-6,10,16H,7H2,1-2H3. The topological polar surface area (TPSA) is 21.3 Å². The van der Waals surface area contributed by atoms with Crippen molar-refractivity contribution in [2.24, 2.45) is 0 Å². The Bertz CT molecular complexity index is 414. The fourth-order valence-electron chi connectivity index (χ4n) is 1.88. The predicted molar refractivity (Wildman–Crippen MR) is 57.4 cm³/mol. The molecule has 1 aromatic carbocycles. The van der Waals surface area contributed by atoms with Crippen LogP contribution in [-0.2, 0) is 10.9 Å². The molecule has 0 saturated carbocycles. The summed E-state index contributed by atoms with van der Waals surface area (Å²) >= 11 is 0. The van der Waals surface area contributed by atoms with Gasteiger partial charge in [0.05, 0.1) is 12.2 Å². The molecule has 1 aromatic rings. The number of nitrogens with one attached hydrogen (secondary N) is 1. The van der Waals surface area contributed by atoms with Gasteiger partial charge in [-0.2, -0.15) is 13.2 Å². The third-order valence-electron chi connectivity index (χ3n) is 2.68. The highest BCUT2D eigenvalue weighted by Gasteiger charge is 2.39. The van der Waals surface area contributed by atoms with Crippen LogP contribution in [-0.4, -0.2) is 12.1 Å². The van der Waals surface area contributed by atoms with Crippen LogP contribution in [0, 0.1) is 0 Å². The van der Waals surface area contributed by atoms with Crippen molar-refractivity contribution in [3.63, 3.8) is 0 Å². The van der Waals surface area contributed by atoms with E-state index in [1.807, 2.05) is 13.8 Å². The van der Waals surface area contributed by atoms with E-state index in [-0.39, 0.29) is 11.1 Å². The van der Waals surface area contributed by atoms with Gasteiger partial charge in [-0.15, -0.1) is 0 Å². The van der Waals surface area contributed by atoms with Crippen molar-refractivity contribution < 1.29 is 17.9 Å². The average Bonchev–Trinajstić information content (AvgIpc) is 2.58. The highest BCUT2D eigenvalue weighted by atomic mass is 19.4. The van der Waals surface area contributed by atoms with Crippen molar-refractivity contribution in [2.75, 3.05) is 6.61 Å². The third kappa shape index (κ3) is 2.61. The lowest BCUT2D eigenvalue weighted by Gasteiger charge is -2.20. The summed E-state index contributed by atoms with van der Waals surface area (Å²) in [5.74, 6) is 0. The summed E-state index contributed by atoms with van der Waals surface area (Å²) in [5.41, 5.74) is -0.801. The maximum absolute atomic E-state index is 12.8. The predicted octanol–water partition coefficient (Wildman–Crippen LogP) is 3.10. The van der Waals surface area contributed by atoms with Gasteiger partial charge < -0.3 is 4.74 Å². The van der Waals surface area contributed by atoms with Gasteiger partial charge in [-0.25, -0.2) is 0 Å². The molecule has 0 bridgehead atoms. The van der Waals surface area contributed by atoms with Crippen molar-refractivity contribution in [3.05, 3.63) is 35.4 Å². The lowest BCUT2D eigenvalue weighted by Crippen LogP contribution is -2.36. The molecule has 1 aliphatic rings. The summed E-state index contributed by atoms with van der Waals surface area (Å²) in [4.78, 5) is 0. The molecule has 1 heterocycles. The summed E-state index contributed by atoms with van der Waals surface area (Å²) in [6, 6.07) is 5.49. The second-order valence-corrected chi connectivity index (χ2v) is 4.80. The minimum absolute atomic E-state index is 0.144. The van der Waals surface area contributed by atoms with Crippen molar-refractivity contribution in [3.8, 4) is 0 Å². The molecule has 94 valence electrons. The van der Waals surface area contributed by atoms with Gasteiger partial charge in [0.1, 0.15) is 6.23 Å². The van der Waals surface area contributed by atoms with Crippen LogP contribution < -0.4 is 5.32 Å². The van der Waals surface area contributed by atoms with Crippen LogP contribution in [0.25, 0.3) is 0 Å². The SMILES string of the molecule is CC1(C)COC(c2ccccc2C(F)(F)F)N1. The lowest BCUT2D eigenvalue weighted by atomic mass is 10.0. The molecular weight excluding hydrogens is 231 g/mol. The summed E-state index contributed by atoms with van der Waals surface area (Å²) < 4.78 is 43.8. The molecule has 0 aromatic heterocycles. The molecule has 17 heavy (non-hydrogen) atoms. The van der Waals surface area contributed by atoms with E-state index in [0.29, 0.717) is 6.61 Å². The molecule has 1 saturated heterocycles. The van der Waals surface area contributed by atoms with Crippen LogP contribution in [0.15, 0.2) is 24.3 Å². The molecule has 2 nitrogen and oxygen atoms in total. The first kappa shape index (κ1) is 12.4. The van der Waals surface area contributed by atoms with Crippen LogP contribution in [0.3, 0.4) is 0 Å². The molecule has 1 atom stereocenters. The zero-order valence-electron chi connectivity index (χ0n) is 9.64. The number of ether oxygens (including phenoxy) is 1. The fourth-order valence-corrected chi connectivity index (χ4v) is 1.88. The lowest BCUT2D eigenvalue weighted by molar-refractivity contribution is -0.139. The van der Waals surface area contributed by atoms with E-state index in [0.717, 1.165) is 6.07 Å². The Labute approximate surface area is 97.8 Å². The Balaban J connectivity index is 2.34. The Hall–Kier alpha value is -1.07. The number of benzene rings is 1. The molecule has 0 radical (unpaired) electrons. The summed E-state index contributed by atoms with van der Waals surface area (Å²) in [5, 5.41) is 3.04. The van der Waals surface area contributed by atoms with Gasteiger partial charge in [-0.3, -0.25) is 5.32 Å². The van der Waals surface area contributed by atoms with E-state index in [2.05, 4.69) is 5.32 Å². The van der Waals surface area contributed by atoms with Crippen molar-refractivity contribution in [1.82, 2.24) is 5.32 Å². The second kappa shape index (κ2) is 3.99. The van der Waals surface area contributed by atoms with Crippen LogP contribution in [0.1, 0.15) is 31.2 Å². The first-order valence-corrected chi connectivity index (χ1v) is 5.35. The van der Waals surface area contributed by atoms with Crippen molar-refractivity contribution in [1.29, 1.82) is 0 Å². The van der Waals surface area contributed by atoms with Crippen LogP contribution in [0.5, 0.6) is 0 Å². The zero-order chi connectivity index (χ0) is 12.7. The minimum atomic E-state index is -4.35. The highest BCUT2D eigenvalue weighted by molar-refractivity contribution is 5.32. The molecule has 1 aliphatic heterocycles. The minimum Gasteiger partial charge on any atom is -0.357 e. The quantitative estimate of drug-likeness (QED) is 0.820. The third-order valence-corrected chi connectivity index (χ3v) is 2.68. The number of hydrogen-bond donors (Lipinski definition) is 1. The van der Waals surface area contributed by atoms with E-state index >= 15 is 0 Å². The van der Waals surface area contributed by atoms with E-state index in [1.165, 1.54) is 12.1 Å². The maximum atomic E-state index is 12.8. The highest BCUT2D eigenvalue weighted by Crippen LogP contribution is 2.37. The van der Waals surface area contributed by atoms with Gasteiger partial charge in [-0.1, -0.05) is 18.2 Å². The van der Waals surface area contributed by atoms with E-state index in [4.69, 9.17) is 4.74 Å². The zero-order valence-corrected chi connectivity index (χ0v) is 9.64. The molecule has 5 heteroatoms.